The summed E-state index contributed by atoms with van der Waals surface area (Å²) < 4.78 is 5.12. The Morgan fingerprint density at radius 3 is 2.93 bits per heavy atom. The quantitative estimate of drug-likeness (QED) is 0.736. The second kappa shape index (κ2) is 3.14. The lowest BCUT2D eigenvalue weighted by atomic mass is 10.1. The third kappa shape index (κ3) is 1.16. The van der Waals surface area contributed by atoms with Crippen LogP contribution in [-0.4, -0.2) is 17.1 Å². The van der Waals surface area contributed by atoms with E-state index in [9.17, 15) is 4.79 Å². The third-order valence-corrected chi connectivity index (χ3v) is 2.19. The first-order valence-electron chi connectivity index (χ1n) is 4.25. The fourth-order valence-corrected chi connectivity index (χ4v) is 1.48. The van der Waals surface area contributed by atoms with Gasteiger partial charge in [-0.15, -0.1) is 0 Å². The molecule has 72 valence electrons. The van der Waals surface area contributed by atoms with Crippen LogP contribution in [0.1, 0.15) is 5.56 Å². The monoisotopic (exact) mass is 190 g/mol. The molecule has 1 aromatic heterocycles. The van der Waals surface area contributed by atoms with Gasteiger partial charge in [0.05, 0.1) is 18.8 Å². The highest BCUT2D eigenvalue weighted by Crippen LogP contribution is 2.22. The minimum Gasteiger partial charge on any atom is -0.494 e. The minimum absolute atomic E-state index is 0.133. The zero-order valence-corrected chi connectivity index (χ0v) is 8.00. The lowest BCUT2D eigenvalue weighted by molar-refractivity contribution is 0.418. The van der Waals surface area contributed by atoms with Crippen molar-refractivity contribution in [2.24, 2.45) is 0 Å². The van der Waals surface area contributed by atoms with Crippen molar-refractivity contribution in [3.05, 3.63) is 34.4 Å². The van der Waals surface area contributed by atoms with Crippen LogP contribution in [-0.2, 0) is 0 Å². The van der Waals surface area contributed by atoms with Gasteiger partial charge in [-0.2, -0.15) is 0 Å². The molecule has 0 saturated heterocycles. The van der Waals surface area contributed by atoms with Crippen molar-refractivity contribution >= 4 is 10.9 Å². The fourth-order valence-electron chi connectivity index (χ4n) is 1.48. The van der Waals surface area contributed by atoms with E-state index in [4.69, 9.17) is 4.74 Å². The van der Waals surface area contributed by atoms with Crippen molar-refractivity contribution in [1.29, 1.82) is 0 Å². The first-order valence-corrected chi connectivity index (χ1v) is 4.25. The SMILES string of the molecule is COc1ccc(C)c2c(=O)[nH]cnc12. The van der Waals surface area contributed by atoms with Crippen molar-refractivity contribution in [2.45, 2.75) is 6.92 Å². The number of benzene rings is 1. The van der Waals surface area contributed by atoms with Crippen molar-refractivity contribution in [3.63, 3.8) is 0 Å². The lowest BCUT2D eigenvalue weighted by Crippen LogP contribution is -2.08. The molecule has 0 aliphatic carbocycles. The largest absolute Gasteiger partial charge is 0.494 e. The Hall–Kier alpha value is -1.84. The third-order valence-electron chi connectivity index (χ3n) is 2.19. The minimum atomic E-state index is -0.133. The first kappa shape index (κ1) is 8.74. The molecule has 4 nitrogen and oxygen atoms in total. The normalized spacial score (nSPS) is 10.4. The number of aryl methyl sites for hydroxylation is 1. The summed E-state index contributed by atoms with van der Waals surface area (Å²) >= 11 is 0. The number of aromatic nitrogens is 2. The van der Waals surface area contributed by atoms with Crippen LogP contribution in [0.3, 0.4) is 0 Å². The van der Waals surface area contributed by atoms with E-state index in [1.807, 2.05) is 19.1 Å². The summed E-state index contributed by atoms with van der Waals surface area (Å²) in [5.74, 6) is 0.622. The summed E-state index contributed by atoms with van der Waals surface area (Å²) in [6.45, 7) is 1.87. The maximum absolute atomic E-state index is 11.5. The van der Waals surface area contributed by atoms with E-state index in [-0.39, 0.29) is 5.56 Å². The second-order valence-electron chi connectivity index (χ2n) is 3.04. The Balaban J connectivity index is 2.99. The predicted octanol–water partition coefficient (Wildman–Crippen LogP) is 1.24. The molecule has 0 atom stereocenters. The molecule has 0 amide bonds. The van der Waals surface area contributed by atoms with Crippen molar-refractivity contribution in [3.8, 4) is 5.75 Å². The molecule has 1 N–H and O–H groups in total. The molecule has 4 heteroatoms. The van der Waals surface area contributed by atoms with Crippen LogP contribution in [0.2, 0.25) is 0 Å². The molecule has 0 radical (unpaired) electrons. The van der Waals surface area contributed by atoms with E-state index in [1.54, 1.807) is 7.11 Å². The zero-order chi connectivity index (χ0) is 10.1. The van der Waals surface area contributed by atoms with Crippen molar-refractivity contribution in [2.75, 3.05) is 7.11 Å². The van der Waals surface area contributed by atoms with E-state index in [0.29, 0.717) is 16.7 Å². The molecular formula is C10H10N2O2. The molecule has 0 fully saturated rings. The van der Waals surface area contributed by atoms with Crippen molar-refractivity contribution < 1.29 is 4.74 Å². The first-order chi connectivity index (χ1) is 6.74. The molecule has 1 heterocycles. The van der Waals surface area contributed by atoms with Gasteiger partial charge in [-0.1, -0.05) is 6.07 Å². The van der Waals surface area contributed by atoms with E-state index in [1.165, 1.54) is 6.33 Å². The molecule has 2 aromatic rings. The van der Waals surface area contributed by atoms with Crippen molar-refractivity contribution in [1.82, 2.24) is 9.97 Å². The van der Waals surface area contributed by atoms with Crippen LogP contribution in [0, 0.1) is 6.92 Å². The Bertz CT molecular complexity index is 531. The summed E-state index contributed by atoms with van der Waals surface area (Å²) in [4.78, 5) is 18.2. The van der Waals surface area contributed by atoms with Gasteiger partial charge in [0.25, 0.3) is 5.56 Å². The van der Waals surface area contributed by atoms with Gasteiger partial charge in [0.15, 0.2) is 0 Å². The highest BCUT2D eigenvalue weighted by molar-refractivity contribution is 5.86. The molecule has 14 heavy (non-hydrogen) atoms. The Kier molecular flexibility index (Phi) is 1.96. The molecular weight excluding hydrogens is 180 g/mol. The lowest BCUT2D eigenvalue weighted by Gasteiger charge is -2.04. The summed E-state index contributed by atoms with van der Waals surface area (Å²) in [6.07, 6.45) is 1.38. The van der Waals surface area contributed by atoms with Gasteiger partial charge in [-0.05, 0) is 18.6 Å². The van der Waals surface area contributed by atoms with Gasteiger partial charge < -0.3 is 9.72 Å². The smallest absolute Gasteiger partial charge is 0.258 e. The van der Waals surface area contributed by atoms with E-state index >= 15 is 0 Å². The van der Waals surface area contributed by atoms with Gasteiger partial charge in [-0.3, -0.25) is 4.79 Å². The number of hydrogen-bond donors (Lipinski definition) is 1. The fraction of sp³-hybridized carbons (Fsp3) is 0.200. The maximum Gasteiger partial charge on any atom is 0.258 e. The Labute approximate surface area is 80.6 Å². The number of methoxy groups -OCH3 is 1. The van der Waals surface area contributed by atoms with Crippen LogP contribution in [0.5, 0.6) is 5.75 Å². The highest BCUT2D eigenvalue weighted by atomic mass is 16.5. The topological polar surface area (TPSA) is 55.0 Å². The Morgan fingerprint density at radius 1 is 1.43 bits per heavy atom. The number of ether oxygens (including phenoxy) is 1. The van der Waals surface area contributed by atoms with Gasteiger partial charge in [-0.25, -0.2) is 4.98 Å². The number of fused-ring (bicyclic) bond motifs is 1. The molecule has 0 bridgehead atoms. The van der Waals surface area contributed by atoms with Gasteiger partial charge >= 0.3 is 0 Å². The zero-order valence-electron chi connectivity index (χ0n) is 8.00. The molecule has 0 saturated carbocycles. The molecule has 0 aliphatic rings. The number of hydrogen-bond acceptors (Lipinski definition) is 3. The molecule has 0 aliphatic heterocycles. The predicted molar refractivity (Wildman–Crippen MR) is 53.7 cm³/mol. The van der Waals surface area contributed by atoms with E-state index < -0.39 is 0 Å². The molecule has 2 rings (SSSR count). The maximum atomic E-state index is 11.5. The number of nitrogens with one attached hydrogen (secondary N) is 1. The standard InChI is InChI=1S/C10H10N2O2/c1-6-3-4-7(14-2)9-8(6)10(13)12-5-11-9/h3-5H,1-2H3,(H,11,12,13). The van der Waals surface area contributed by atoms with Gasteiger partial charge in [0, 0.05) is 0 Å². The number of rotatable bonds is 1. The molecule has 1 aromatic carbocycles. The number of aromatic amines is 1. The molecule has 0 unspecified atom stereocenters. The van der Waals surface area contributed by atoms with E-state index in [2.05, 4.69) is 9.97 Å². The van der Waals surface area contributed by atoms with E-state index in [0.717, 1.165) is 5.56 Å². The summed E-state index contributed by atoms with van der Waals surface area (Å²) in [6, 6.07) is 3.65. The molecule has 0 spiro atoms. The van der Waals surface area contributed by atoms with Gasteiger partial charge in [0.1, 0.15) is 11.3 Å². The Morgan fingerprint density at radius 2 is 2.21 bits per heavy atom. The number of H-pyrrole nitrogens is 1. The van der Waals surface area contributed by atoms with Crippen LogP contribution < -0.4 is 10.3 Å². The average molecular weight is 190 g/mol. The van der Waals surface area contributed by atoms with Crippen LogP contribution in [0.25, 0.3) is 10.9 Å². The summed E-state index contributed by atoms with van der Waals surface area (Å²) in [5.41, 5.74) is 1.37. The van der Waals surface area contributed by atoms with Crippen LogP contribution in [0.4, 0.5) is 0 Å². The van der Waals surface area contributed by atoms with Gasteiger partial charge in [0.2, 0.25) is 0 Å². The summed E-state index contributed by atoms with van der Waals surface area (Å²) in [5, 5.41) is 0.590. The summed E-state index contributed by atoms with van der Waals surface area (Å²) in [7, 11) is 1.56. The average Bonchev–Trinajstić information content (AvgIpc) is 2.18. The van der Waals surface area contributed by atoms with Crippen LogP contribution in [0.15, 0.2) is 23.3 Å². The second-order valence-corrected chi connectivity index (χ2v) is 3.04. The van der Waals surface area contributed by atoms with Crippen LogP contribution >= 0.6 is 0 Å². The highest BCUT2D eigenvalue weighted by Gasteiger charge is 2.07. The number of nitrogens with zero attached hydrogens (tertiary/aromatic N) is 1.